The number of anilines is 1. The van der Waals surface area contributed by atoms with Gasteiger partial charge < -0.3 is 0 Å². The van der Waals surface area contributed by atoms with Crippen LogP contribution in [0.1, 0.15) is 12.0 Å². The van der Waals surface area contributed by atoms with Gasteiger partial charge in [0.15, 0.2) is 5.82 Å². The third-order valence-electron chi connectivity index (χ3n) is 2.48. The molecule has 1 aromatic carbocycles. The molecule has 1 N–H and O–H groups in total. The molecule has 0 spiro atoms. The van der Waals surface area contributed by atoms with Crippen molar-refractivity contribution in [3.05, 3.63) is 29.6 Å². The SMILES string of the molecule is C#Cc1cccc(N2CCC(=O)NC2=O)c1F. The molecule has 0 aliphatic carbocycles. The average Bonchev–Trinajstić information content (AvgIpc) is 2.30. The molecule has 1 fully saturated rings. The Labute approximate surface area is 97.4 Å². The van der Waals surface area contributed by atoms with Crippen LogP contribution in [0.4, 0.5) is 14.9 Å². The quantitative estimate of drug-likeness (QED) is 0.741. The van der Waals surface area contributed by atoms with Gasteiger partial charge in [-0.1, -0.05) is 12.0 Å². The molecule has 1 aliphatic rings. The maximum Gasteiger partial charge on any atom is 0.328 e. The van der Waals surface area contributed by atoms with Crippen LogP contribution in [0.15, 0.2) is 18.2 Å². The van der Waals surface area contributed by atoms with E-state index in [2.05, 4.69) is 11.2 Å². The van der Waals surface area contributed by atoms with Crippen LogP contribution in [-0.2, 0) is 4.79 Å². The first kappa shape index (κ1) is 11.1. The summed E-state index contributed by atoms with van der Waals surface area (Å²) in [4.78, 5) is 23.7. The minimum atomic E-state index is -0.630. The summed E-state index contributed by atoms with van der Waals surface area (Å²) < 4.78 is 13.9. The van der Waals surface area contributed by atoms with Crippen LogP contribution in [0.3, 0.4) is 0 Å². The van der Waals surface area contributed by atoms with E-state index in [-0.39, 0.29) is 30.1 Å². The zero-order valence-corrected chi connectivity index (χ0v) is 8.87. The molecule has 1 aliphatic heterocycles. The molecule has 0 atom stereocenters. The number of imide groups is 1. The maximum absolute atomic E-state index is 13.9. The zero-order valence-electron chi connectivity index (χ0n) is 8.87. The standard InChI is InChI=1S/C12H9FN2O2/c1-2-8-4-3-5-9(11(8)13)15-7-6-10(16)14-12(15)17/h1,3-5H,6-7H2,(H,14,16,17). The number of carbonyl (C=O) groups excluding carboxylic acids is 2. The largest absolute Gasteiger partial charge is 0.328 e. The van der Waals surface area contributed by atoms with Crippen molar-refractivity contribution in [3.63, 3.8) is 0 Å². The van der Waals surface area contributed by atoms with Crippen LogP contribution in [-0.4, -0.2) is 18.5 Å². The number of carbonyl (C=O) groups is 2. The monoisotopic (exact) mass is 232 g/mol. The second kappa shape index (κ2) is 4.26. The predicted molar refractivity (Wildman–Crippen MR) is 59.8 cm³/mol. The van der Waals surface area contributed by atoms with Crippen molar-refractivity contribution in [2.24, 2.45) is 0 Å². The Morgan fingerprint density at radius 3 is 2.82 bits per heavy atom. The van der Waals surface area contributed by atoms with Crippen molar-refractivity contribution in [1.82, 2.24) is 5.32 Å². The highest BCUT2D eigenvalue weighted by atomic mass is 19.1. The van der Waals surface area contributed by atoms with E-state index in [4.69, 9.17) is 6.42 Å². The van der Waals surface area contributed by atoms with Crippen LogP contribution in [0.2, 0.25) is 0 Å². The smallest absolute Gasteiger partial charge is 0.291 e. The molecule has 0 bridgehead atoms. The summed E-state index contributed by atoms with van der Waals surface area (Å²) in [6, 6.07) is 3.84. The van der Waals surface area contributed by atoms with Crippen LogP contribution < -0.4 is 10.2 Å². The third-order valence-corrected chi connectivity index (χ3v) is 2.48. The van der Waals surface area contributed by atoms with E-state index in [1.807, 2.05) is 0 Å². The van der Waals surface area contributed by atoms with Gasteiger partial charge in [0.25, 0.3) is 0 Å². The first-order chi connectivity index (χ1) is 8.13. The summed E-state index contributed by atoms with van der Waals surface area (Å²) in [5, 5.41) is 2.12. The van der Waals surface area contributed by atoms with Crippen molar-refractivity contribution < 1.29 is 14.0 Å². The lowest BCUT2D eigenvalue weighted by molar-refractivity contribution is -0.120. The molecule has 86 valence electrons. The Hall–Kier alpha value is -2.35. The van der Waals surface area contributed by atoms with Gasteiger partial charge in [-0.25, -0.2) is 9.18 Å². The van der Waals surface area contributed by atoms with Gasteiger partial charge in [0.2, 0.25) is 5.91 Å². The molecule has 1 aromatic rings. The highest BCUT2D eigenvalue weighted by molar-refractivity contribution is 6.05. The summed E-state index contributed by atoms with van der Waals surface area (Å²) in [7, 11) is 0. The summed E-state index contributed by atoms with van der Waals surface area (Å²) in [6.45, 7) is 0.148. The van der Waals surface area contributed by atoms with Crippen molar-refractivity contribution in [1.29, 1.82) is 0 Å². The molecule has 0 unspecified atom stereocenters. The minimum absolute atomic E-state index is 0.0884. The number of amides is 3. The molecule has 17 heavy (non-hydrogen) atoms. The fourth-order valence-corrected chi connectivity index (χ4v) is 1.63. The molecule has 2 rings (SSSR count). The Kier molecular flexibility index (Phi) is 2.79. The van der Waals surface area contributed by atoms with Crippen molar-refractivity contribution >= 4 is 17.6 Å². The Morgan fingerprint density at radius 1 is 1.41 bits per heavy atom. The molecule has 0 aromatic heterocycles. The molecule has 1 heterocycles. The van der Waals surface area contributed by atoms with E-state index in [0.717, 1.165) is 4.90 Å². The molecule has 4 nitrogen and oxygen atoms in total. The number of benzene rings is 1. The minimum Gasteiger partial charge on any atom is -0.291 e. The zero-order chi connectivity index (χ0) is 12.4. The van der Waals surface area contributed by atoms with Crippen LogP contribution in [0.25, 0.3) is 0 Å². The Balaban J connectivity index is 2.38. The lowest BCUT2D eigenvalue weighted by Gasteiger charge is -2.26. The van der Waals surface area contributed by atoms with Crippen molar-refractivity contribution in [3.8, 4) is 12.3 Å². The van der Waals surface area contributed by atoms with E-state index in [0.29, 0.717) is 0 Å². The van der Waals surface area contributed by atoms with E-state index in [1.165, 1.54) is 12.1 Å². The van der Waals surface area contributed by atoms with Gasteiger partial charge in [0.05, 0.1) is 11.3 Å². The van der Waals surface area contributed by atoms with Gasteiger partial charge >= 0.3 is 6.03 Å². The van der Waals surface area contributed by atoms with E-state index < -0.39 is 11.8 Å². The van der Waals surface area contributed by atoms with Crippen LogP contribution in [0.5, 0.6) is 0 Å². The highest BCUT2D eigenvalue weighted by Crippen LogP contribution is 2.23. The molecule has 3 amide bonds. The molecule has 0 radical (unpaired) electrons. The first-order valence-electron chi connectivity index (χ1n) is 5.00. The molecule has 0 saturated carbocycles. The number of rotatable bonds is 1. The van der Waals surface area contributed by atoms with Gasteiger partial charge in [-0.2, -0.15) is 0 Å². The normalized spacial score (nSPS) is 15.4. The van der Waals surface area contributed by atoms with E-state index >= 15 is 0 Å². The summed E-state index contributed by atoms with van der Waals surface area (Å²) in [5.74, 6) is 1.21. The van der Waals surface area contributed by atoms with Gasteiger partial charge in [0, 0.05) is 13.0 Å². The fourth-order valence-electron chi connectivity index (χ4n) is 1.63. The summed E-state index contributed by atoms with van der Waals surface area (Å²) >= 11 is 0. The third kappa shape index (κ3) is 1.97. The predicted octanol–water partition coefficient (Wildman–Crippen LogP) is 1.25. The molecule has 5 heteroatoms. The maximum atomic E-state index is 13.9. The van der Waals surface area contributed by atoms with Crippen molar-refractivity contribution in [2.45, 2.75) is 6.42 Å². The number of hydrogen-bond acceptors (Lipinski definition) is 2. The molecular formula is C12H9FN2O2. The number of nitrogens with zero attached hydrogens (tertiary/aromatic N) is 1. The number of nitrogens with one attached hydrogen (secondary N) is 1. The molecular weight excluding hydrogens is 223 g/mol. The topological polar surface area (TPSA) is 49.4 Å². The lowest BCUT2D eigenvalue weighted by Crippen LogP contribution is -2.49. The van der Waals surface area contributed by atoms with E-state index in [1.54, 1.807) is 6.07 Å². The van der Waals surface area contributed by atoms with Crippen LogP contribution >= 0.6 is 0 Å². The number of urea groups is 1. The average molecular weight is 232 g/mol. The second-order valence-electron chi connectivity index (χ2n) is 3.54. The Morgan fingerprint density at radius 2 is 2.18 bits per heavy atom. The number of terminal acetylenes is 1. The summed E-state index contributed by atoms with van der Waals surface area (Å²) in [5.41, 5.74) is 0.178. The number of halogens is 1. The van der Waals surface area contributed by atoms with Gasteiger partial charge in [-0.15, -0.1) is 6.42 Å². The highest BCUT2D eigenvalue weighted by Gasteiger charge is 2.26. The van der Waals surface area contributed by atoms with E-state index in [9.17, 15) is 14.0 Å². The molecule has 1 saturated heterocycles. The van der Waals surface area contributed by atoms with Crippen LogP contribution in [0, 0.1) is 18.2 Å². The van der Waals surface area contributed by atoms with Crippen molar-refractivity contribution in [2.75, 3.05) is 11.4 Å². The van der Waals surface area contributed by atoms with Gasteiger partial charge in [-0.3, -0.25) is 15.0 Å². The van der Waals surface area contributed by atoms with Gasteiger partial charge in [-0.05, 0) is 12.1 Å². The Bertz CT molecular complexity index is 534. The number of hydrogen-bond donors (Lipinski definition) is 1. The summed E-state index contributed by atoms with van der Waals surface area (Å²) in [6.07, 6.45) is 5.29. The lowest BCUT2D eigenvalue weighted by atomic mass is 10.1. The first-order valence-corrected chi connectivity index (χ1v) is 5.00. The fraction of sp³-hybridized carbons (Fsp3) is 0.167. The van der Waals surface area contributed by atoms with Gasteiger partial charge in [0.1, 0.15) is 0 Å². The second-order valence-corrected chi connectivity index (χ2v) is 3.54.